The molecule has 120 valence electrons. The summed E-state index contributed by atoms with van der Waals surface area (Å²) >= 11 is 0. The van der Waals surface area contributed by atoms with Gasteiger partial charge in [0.05, 0.1) is 5.41 Å². The summed E-state index contributed by atoms with van der Waals surface area (Å²) < 4.78 is 0. The Balaban J connectivity index is 1.80. The number of hydrogen-bond acceptors (Lipinski definition) is 1. The van der Waals surface area contributed by atoms with Crippen LogP contribution in [0, 0.1) is 28.1 Å². The van der Waals surface area contributed by atoms with Crippen LogP contribution in [0.5, 0.6) is 0 Å². The molecule has 3 saturated carbocycles. The first kappa shape index (κ1) is 14.5. The molecule has 4 aliphatic rings. The first-order valence-electron chi connectivity index (χ1n) is 8.94. The molecule has 2 heteroatoms. The third-order valence-corrected chi connectivity index (χ3v) is 7.90. The maximum Gasteiger partial charge on any atom is 0.309 e. The van der Waals surface area contributed by atoms with Gasteiger partial charge in [0, 0.05) is 0 Å². The van der Waals surface area contributed by atoms with Crippen LogP contribution in [0.2, 0.25) is 0 Å². The van der Waals surface area contributed by atoms with Crippen LogP contribution < -0.4 is 0 Å². The first-order valence-corrected chi connectivity index (χ1v) is 8.94. The van der Waals surface area contributed by atoms with Crippen molar-refractivity contribution >= 4 is 5.97 Å². The summed E-state index contributed by atoms with van der Waals surface area (Å²) in [5, 5.41) is 9.89. The standard InChI is InChI=1S/C20H28O2/c1-13-11-20-10-7-15-18(2,16(20)6-5-14(13)12-20)8-4-9-19(15,3)17(21)22/h6,14-15H,1,4-5,7-12H2,2-3H3,(H,21,22)/t14-,15-,18+,19+,20+/m1/s1. The van der Waals surface area contributed by atoms with Crippen molar-refractivity contribution in [1.82, 2.24) is 0 Å². The second kappa shape index (κ2) is 4.27. The maximum absolute atomic E-state index is 12.0. The molecule has 22 heavy (non-hydrogen) atoms. The lowest BCUT2D eigenvalue weighted by molar-refractivity contribution is -0.161. The molecule has 0 aromatic heterocycles. The summed E-state index contributed by atoms with van der Waals surface area (Å²) in [5.41, 5.74) is 2.96. The van der Waals surface area contributed by atoms with E-state index in [1.807, 2.05) is 6.92 Å². The molecule has 4 rings (SSSR count). The van der Waals surface area contributed by atoms with Crippen LogP contribution in [0.25, 0.3) is 0 Å². The zero-order chi connectivity index (χ0) is 15.8. The van der Waals surface area contributed by atoms with Gasteiger partial charge in [0.2, 0.25) is 0 Å². The van der Waals surface area contributed by atoms with E-state index in [4.69, 9.17) is 0 Å². The Morgan fingerprint density at radius 1 is 1.32 bits per heavy atom. The van der Waals surface area contributed by atoms with Crippen molar-refractivity contribution in [3.63, 3.8) is 0 Å². The molecule has 3 fully saturated rings. The normalized spacial score (nSPS) is 50.1. The van der Waals surface area contributed by atoms with Crippen LogP contribution >= 0.6 is 0 Å². The van der Waals surface area contributed by atoms with Gasteiger partial charge in [0.15, 0.2) is 0 Å². The van der Waals surface area contributed by atoms with Gasteiger partial charge in [-0.05, 0) is 74.5 Å². The number of carboxylic acids is 1. The molecule has 0 heterocycles. The van der Waals surface area contributed by atoms with E-state index in [0.717, 1.165) is 32.1 Å². The van der Waals surface area contributed by atoms with Crippen molar-refractivity contribution in [2.24, 2.45) is 28.1 Å². The number of allylic oxidation sites excluding steroid dienone is 3. The summed E-state index contributed by atoms with van der Waals surface area (Å²) in [5.74, 6) is 0.413. The number of hydrogen-bond donors (Lipinski definition) is 1. The Morgan fingerprint density at radius 3 is 2.82 bits per heavy atom. The molecule has 1 N–H and O–H groups in total. The lowest BCUT2D eigenvalue weighted by atomic mass is 9.44. The van der Waals surface area contributed by atoms with E-state index in [1.165, 1.54) is 24.8 Å². The van der Waals surface area contributed by atoms with Gasteiger partial charge >= 0.3 is 5.97 Å². The van der Waals surface area contributed by atoms with Crippen molar-refractivity contribution in [2.45, 2.75) is 65.2 Å². The minimum Gasteiger partial charge on any atom is -0.481 e. The SMILES string of the molecule is C=C1C[C@]23CC[C@H]4[C@@](C)(C(=O)O)CCC[C@]4(C)C2=CC[C@@H]1C3. The highest BCUT2D eigenvalue weighted by Gasteiger charge is 2.62. The molecule has 0 aliphatic heterocycles. The second-order valence-corrected chi connectivity index (χ2v) is 8.95. The zero-order valence-electron chi connectivity index (χ0n) is 14.0. The molecule has 1 spiro atoms. The van der Waals surface area contributed by atoms with Crippen LogP contribution in [0.4, 0.5) is 0 Å². The average molecular weight is 300 g/mol. The Kier molecular flexibility index (Phi) is 2.82. The molecule has 0 radical (unpaired) electrons. The van der Waals surface area contributed by atoms with Gasteiger partial charge in [-0.15, -0.1) is 0 Å². The molecule has 0 aromatic rings. The fraction of sp³-hybridized carbons (Fsp3) is 0.750. The van der Waals surface area contributed by atoms with Crippen molar-refractivity contribution in [3.8, 4) is 0 Å². The number of fused-ring (bicyclic) bond motifs is 3. The molecule has 0 unspecified atom stereocenters. The van der Waals surface area contributed by atoms with E-state index in [0.29, 0.717) is 17.3 Å². The van der Waals surface area contributed by atoms with Crippen molar-refractivity contribution in [2.75, 3.05) is 0 Å². The van der Waals surface area contributed by atoms with Gasteiger partial charge in [-0.3, -0.25) is 4.79 Å². The van der Waals surface area contributed by atoms with Gasteiger partial charge in [-0.1, -0.05) is 37.1 Å². The molecule has 5 atom stereocenters. The fourth-order valence-electron chi connectivity index (χ4n) is 6.87. The average Bonchev–Trinajstić information content (AvgIpc) is 2.68. The highest BCUT2D eigenvalue weighted by Crippen LogP contribution is 2.70. The second-order valence-electron chi connectivity index (χ2n) is 8.95. The molecule has 0 amide bonds. The molecule has 2 nitrogen and oxygen atoms in total. The van der Waals surface area contributed by atoms with Crippen molar-refractivity contribution in [1.29, 1.82) is 0 Å². The van der Waals surface area contributed by atoms with Crippen LogP contribution in [0.15, 0.2) is 23.8 Å². The Morgan fingerprint density at radius 2 is 2.09 bits per heavy atom. The lowest BCUT2D eigenvalue weighted by Gasteiger charge is -2.60. The number of rotatable bonds is 1. The van der Waals surface area contributed by atoms with E-state index in [2.05, 4.69) is 19.6 Å². The predicted octanol–water partition coefficient (Wildman–Crippen LogP) is 4.96. The first-order chi connectivity index (χ1) is 10.3. The van der Waals surface area contributed by atoms with E-state index < -0.39 is 11.4 Å². The fourth-order valence-corrected chi connectivity index (χ4v) is 6.87. The Hall–Kier alpha value is -1.05. The molecule has 2 bridgehead atoms. The topological polar surface area (TPSA) is 37.3 Å². The van der Waals surface area contributed by atoms with Gasteiger partial charge in [-0.2, -0.15) is 0 Å². The van der Waals surface area contributed by atoms with Crippen LogP contribution in [0.1, 0.15) is 65.2 Å². The third kappa shape index (κ3) is 1.59. The highest BCUT2D eigenvalue weighted by molar-refractivity contribution is 5.75. The Labute approximate surface area is 133 Å². The Bertz CT molecular complexity index is 589. The van der Waals surface area contributed by atoms with Crippen LogP contribution in [-0.2, 0) is 4.79 Å². The third-order valence-electron chi connectivity index (χ3n) is 7.90. The number of carboxylic acid groups (broad SMARTS) is 1. The van der Waals surface area contributed by atoms with E-state index in [9.17, 15) is 9.90 Å². The summed E-state index contributed by atoms with van der Waals surface area (Å²) in [4.78, 5) is 12.0. The minimum absolute atomic E-state index is 0.0965. The van der Waals surface area contributed by atoms with Crippen LogP contribution in [0.3, 0.4) is 0 Å². The summed E-state index contributed by atoms with van der Waals surface area (Å²) in [6.07, 6.45) is 11.4. The van der Waals surface area contributed by atoms with Crippen molar-refractivity contribution < 1.29 is 9.90 Å². The number of carbonyl (C=O) groups is 1. The van der Waals surface area contributed by atoms with Crippen LogP contribution in [-0.4, -0.2) is 11.1 Å². The summed E-state index contributed by atoms with van der Waals surface area (Å²) in [7, 11) is 0. The minimum atomic E-state index is -0.579. The highest BCUT2D eigenvalue weighted by atomic mass is 16.4. The smallest absolute Gasteiger partial charge is 0.309 e. The molecule has 4 aliphatic carbocycles. The van der Waals surface area contributed by atoms with Gasteiger partial charge in [0.1, 0.15) is 0 Å². The van der Waals surface area contributed by atoms with Gasteiger partial charge in [-0.25, -0.2) is 0 Å². The lowest BCUT2D eigenvalue weighted by Crippen LogP contribution is -2.54. The predicted molar refractivity (Wildman–Crippen MR) is 87.4 cm³/mol. The van der Waals surface area contributed by atoms with Crippen molar-refractivity contribution in [3.05, 3.63) is 23.8 Å². The summed E-state index contributed by atoms with van der Waals surface area (Å²) in [6, 6.07) is 0. The molecule has 0 saturated heterocycles. The van der Waals surface area contributed by atoms with E-state index in [-0.39, 0.29) is 5.41 Å². The van der Waals surface area contributed by atoms with Gasteiger partial charge < -0.3 is 5.11 Å². The largest absolute Gasteiger partial charge is 0.481 e. The molecular formula is C20H28O2. The van der Waals surface area contributed by atoms with E-state index in [1.54, 1.807) is 5.57 Å². The summed E-state index contributed by atoms with van der Waals surface area (Å²) in [6.45, 7) is 8.73. The molecule has 0 aromatic carbocycles. The number of aliphatic carboxylic acids is 1. The maximum atomic E-state index is 12.0. The van der Waals surface area contributed by atoms with Gasteiger partial charge in [0.25, 0.3) is 0 Å². The quantitative estimate of drug-likeness (QED) is 0.695. The van der Waals surface area contributed by atoms with E-state index >= 15 is 0 Å². The molecular weight excluding hydrogens is 272 g/mol. The zero-order valence-corrected chi connectivity index (χ0v) is 14.0. The monoisotopic (exact) mass is 300 g/mol.